The average molecular weight is 194 g/mol. The van der Waals surface area contributed by atoms with E-state index in [1.807, 2.05) is 0 Å². The SMILES string of the molecule is C=C(CN)CN1C[C@H]2CCCC[C@H]2C1. The van der Waals surface area contributed by atoms with E-state index in [0.29, 0.717) is 6.54 Å². The Labute approximate surface area is 87.2 Å². The highest BCUT2D eigenvalue weighted by molar-refractivity contribution is 5.01. The van der Waals surface area contributed by atoms with Gasteiger partial charge >= 0.3 is 0 Å². The molecule has 0 aromatic carbocycles. The second-order valence-electron chi connectivity index (χ2n) is 4.95. The Balaban J connectivity index is 1.83. The normalized spacial score (nSPS) is 32.9. The van der Waals surface area contributed by atoms with E-state index in [1.165, 1.54) is 44.3 Å². The lowest BCUT2D eigenvalue weighted by Gasteiger charge is -2.23. The zero-order valence-corrected chi connectivity index (χ0v) is 9.04. The average Bonchev–Trinajstić information content (AvgIpc) is 2.59. The lowest BCUT2D eigenvalue weighted by atomic mass is 9.82. The monoisotopic (exact) mass is 194 g/mol. The van der Waals surface area contributed by atoms with Crippen molar-refractivity contribution in [2.45, 2.75) is 25.7 Å². The number of rotatable bonds is 3. The van der Waals surface area contributed by atoms with Crippen LogP contribution in [0.4, 0.5) is 0 Å². The number of nitrogens with zero attached hydrogens (tertiary/aromatic N) is 1. The van der Waals surface area contributed by atoms with E-state index in [9.17, 15) is 0 Å². The molecule has 0 unspecified atom stereocenters. The molecule has 2 nitrogen and oxygen atoms in total. The summed E-state index contributed by atoms with van der Waals surface area (Å²) in [5.74, 6) is 1.96. The van der Waals surface area contributed by atoms with Crippen LogP contribution in [0, 0.1) is 11.8 Å². The third-order valence-corrected chi connectivity index (χ3v) is 3.79. The first-order valence-corrected chi connectivity index (χ1v) is 5.88. The van der Waals surface area contributed by atoms with Gasteiger partial charge in [0.05, 0.1) is 0 Å². The van der Waals surface area contributed by atoms with Crippen molar-refractivity contribution in [3.8, 4) is 0 Å². The van der Waals surface area contributed by atoms with Gasteiger partial charge in [0.15, 0.2) is 0 Å². The molecule has 0 aromatic heterocycles. The molecule has 0 radical (unpaired) electrons. The summed E-state index contributed by atoms with van der Waals surface area (Å²) in [6.45, 7) is 8.25. The molecule has 80 valence electrons. The van der Waals surface area contributed by atoms with Gasteiger partial charge in [0.25, 0.3) is 0 Å². The lowest BCUT2D eigenvalue weighted by Crippen LogP contribution is -2.25. The topological polar surface area (TPSA) is 29.3 Å². The molecule has 1 saturated carbocycles. The molecule has 2 N–H and O–H groups in total. The summed E-state index contributed by atoms with van der Waals surface area (Å²) in [7, 11) is 0. The van der Waals surface area contributed by atoms with Gasteiger partial charge in [-0.05, 0) is 30.3 Å². The van der Waals surface area contributed by atoms with Crippen molar-refractivity contribution in [1.82, 2.24) is 4.90 Å². The highest BCUT2D eigenvalue weighted by Gasteiger charge is 2.33. The van der Waals surface area contributed by atoms with Crippen LogP contribution in [0.1, 0.15) is 25.7 Å². The standard InChI is InChI=1S/C12H22N2/c1-10(6-13)7-14-8-11-4-2-3-5-12(11)9-14/h11-12H,1-9,13H2/t11-,12+. The van der Waals surface area contributed by atoms with Gasteiger partial charge in [0, 0.05) is 26.2 Å². The first-order valence-electron chi connectivity index (χ1n) is 5.88. The van der Waals surface area contributed by atoms with E-state index in [1.54, 1.807) is 0 Å². The number of fused-ring (bicyclic) bond motifs is 1. The Kier molecular flexibility index (Phi) is 3.24. The summed E-state index contributed by atoms with van der Waals surface area (Å²) in [4.78, 5) is 2.55. The van der Waals surface area contributed by atoms with E-state index in [-0.39, 0.29) is 0 Å². The molecular weight excluding hydrogens is 172 g/mol. The number of likely N-dealkylation sites (tertiary alicyclic amines) is 1. The van der Waals surface area contributed by atoms with Gasteiger partial charge in [-0.15, -0.1) is 0 Å². The van der Waals surface area contributed by atoms with Crippen LogP contribution in [0.3, 0.4) is 0 Å². The number of hydrogen-bond acceptors (Lipinski definition) is 2. The molecule has 1 heterocycles. The van der Waals surface area contributed by atoms with Crippen LogP contribution in [-0.4, -0.2) is 31.1 Å². The summed E-state index contributed by atoms with van der Waals surface area (Å²) >= 11 is 0. The summed E-state index contributed by atoms with van der Waals surface area (Å²) < 4.78 is 0. The van der Waals surface area contributed by atoms with E-state index in [2.05, 4.69) is 11.5 Å². The van der Waals surface area contributed by atoms with Crippen molar-refractivity contribution in [3.05, 3.63) is 12.2 Å². The Morgan fingerprint density at radius 3 is 2.29 bits per heavy atom. The largest absolute Gasteiger partial charge is 0.327 e. The Morgan fingerprint density at radius 1 is 1.21 bits per heavy atom. The van der Waals surface area contributed by atoms with Crippen molar-refractivity contribution in [2.24, 2.45) is 17.6 Å². The Morgan fingerprint density at radius 2 is 1.79 bits per heavy atom. The summed E-state index contributed by atoms with van der Waals surface area (Å²) in [6.07, 6.45) is 5.81. The Hall–Kier alpha value is -0.340. The molecule has 2 rings (SSSR count). The van der Waals surface area contributed by atoms with Gasteiger partial charge < -0.3 is 5.73 Å². The second-order valence-corrected chi connectivity index (χ2v) is 4.95. The van der Waals surface area contributed by atoms with Gasteiger partial charge in [-0.2, -0.15) is 0 Å². The zero-order valence-electron chi connectivity index (χ0n) is 9.04. The molecule has 2 atom stereocenters. The van der Waals surface area contributed by atoms with E-state index >= 15 is 0 Å². The maximum atomic E-state index is 5.57. The molecule has 2 heteroatoms. The maximum Gasteiger partial charge on any atom is 0.0203 e. The molecule has 0 spiro atoms. The highest BCUT2D eigenvalue weighted by Crippen LogP contribution is 2.35. The van der Waals surface area contributed by atoms with E-state index in [0.717, 1.165) is 18.4 Å². The van der Waals surface area contributed by atoms with Crippen molar-refractivity contribution in [3.63, 3.8) is 0 Å². The quantitative estimate of drug-likeness (QED) is 0.692. The van der Waals surface area contributed by atoms with Crippen molar-refractivity contribution in [1.29, 1.82) is 0 Å². The summed E-state index contributed by atoms with van der Waals surface area (Å²) in [5, 5.41) is 0. The van der Waals surface area contributed by atoms with Crippen molar-refractivity contribution < 1.29 is 0 Å². The number of hydrogen-bond donors (Lipinski definition) is 1. The van der Waals surface area contributed by atoms with Crippen LogP contribution >= 0.6 is 0 Å². The molecule has 1 aliphatic carbocycles. The molecular formula is C12H22N2. The molecule has 1 aliphatic heterocycles. The van der Waals surface area contributed by atoms with Gasteiger partial charge in [-0.1, -0.05) is 19.4 Å². The second kappa shape index (κ2) is 4.45. The van der Waals surface area contributed by atoms with Gasteiger partial charge in [0.2, 0.25) is 0 Å². The Bertz CT molecular complexity index is 198. The third-order valence-electron chi connectivity index (χ3n) is 3.79. The molecule has 1 saturated heterocycles. The smallest absolute Gasteiger partial charge is 0.0203 e. The van der Waals surface area contributed by atoms with Crippen LogP contribution in [0.15, 0.2) is 12.2 Å². The van der Waals surface area contributed by atoms with Crippen LogP contribution in [0.25, 0.3) is 0 Å². The number of nitrogens with two attached hydrogens (primary N) is 1. The minimum absolute atomic E-state index is 0.645. The first kappa shape index (κ1) is 10.2. The summed E-state index contributed by atoms with van der Waals surface area (Å²) in [6, 6.07) is 0. The van der Waals surface area contributed by atoms with Gasteiger partial charge in [-0.25, -0.2) is 0 Å². The van der Waals surface area contributed by atoms with Crippen LogP contribution in [0.5, 0.6) is 0 Å². The molecule has 0 bridgehead atoms. The highest BCUT2D eigenvalue weighted by atomic mass is 15.2. The van der Waals surface area contributed by atoms with Crippen LogP contribution < -0.4 is 5.73 Å². The molecule has 0 aromatic rings. The first-order chi connectivity index (χ1) is 6.79. The fourth-order valence-corrected chi connectivity index (χ4v) is 3.01. The molecule has 2 aliphatic rings. The molecule has 14 heavy (non-hydrogen) atoms. The predicted octanol–water partition coefficient (Wildman–Crippen LogP) is 1.62. The van der Waals surface area contributed by atoms with Gasteiger partial charge in [0.1, 0.15) is 0 Å². The van der Waals surface area contributed by atoms with Crippen LogP contribution in [0.2, 0.25) is 0 Å². The molecule has 2 fully saturated rings. The minimum atomic E-state index is 0.645. The van der Waals surface area contributed by atoms with Gasteiger partial charge in [-0.3, -0.25) is 4.90 Å². The third kappa shape index (κ3) is 2.18. The van der Waals surface area contributed by atoms with Crippen LogP contribution in [-0.2, 0) is 0 Å². The fourth-order valence-electron chi connectivity index (χ4n) is 3.01. The lowest BCUT2D eigenvalue weighted by molar-refractivity contribution is 0.299. The predicted molar refractivity (Wildman–Crippen MR) is 60.1 cm³/mol. The summed E-state index contributed by atoms with van der Waals surface area (Å²) in [5.41, 5.74) is 6.75. The van der Waals surface area contributed by atoms with Crippen molar-refractivity contribution >= 4 is 0 Å². The zero-order chi connectivity index (χ0) is 9.97. The van der Waals surface area contributed by atoms with E-state index < -0.39 is 0 Å². The molecule has 0 amide bonds. The van der Waals surface area contributed by atoms with E-state index in [4.69, 9.17) is 5.73 Å². The fraction of sp³-hybridized carbons (Fsp3) is 0.833. The minimum Gasteiger partial charge on any atom is -0.327 e. The van der Waals surface area contributed by atoms with Crippen molar-refractivity contribution in [2.75, 3.05) is 26.2 Å². The maximum absolute atomic E-state index is 5.57.